The van der Waals surface area contributed by atoms with Crippen LogP contribution in [0.2, 0.25) is 0 Å². The van der Waals surface area contributed by atoms with Crippen LogP contribution in [0.3, 0.4) is 0 Å². The standard InChI is InChI=1S/C15H19N3O/c1-15(2,3)10-14(19)18-12(9-13(16)17-18)11-7-5-4-6-8-11/h4-9H,10H2,1-3H3,(H2,16,17). The molecule has 0 saturated heterocycles. The van der Waals surface area contributed by atoms with Gasteiger partial charge in [-0.1, -0.05) is 51.1 Å². The van der Waals surface area contributed by atoms with Crippen molar-refractivity contribution in [2.45, 2.75) is 27.2 Å². The minimum absolute atomic E-state index is 0.0388. The lowest BCUT2D eigenvalue weighted by Gasteiger charge is -2.17. The van der Waals surface area contributed by atoms with Crippen molar-refractivity contribution in [1.29, 1.82) is 0 Å². The lowest BCUT2D eigenvalue weighted by molar-refractivity contribution is 0.0843. The Bertz CT molecular complexity index is 579. The van der Waals surface area contributed by atoms with Gasteiger partial charge in [0.1, 0.15) is 5.82 Å². The third kappa shape index (κ3) is 3.22. The van der Waals surface area contributed by atoms with Gasteiger partial charge >= 0.3 is 0 Å². The number of carbonyl (C=O) groups excluding carboxylic acids is 1. The number of hydrogen-bond acceptors (Lipinski definition) is 3. The smallest absolute Gasteiger partial charge is 0.248 e. The number of benzene rings is 1. The first-order valence-electron chi connectivity index (χ1n) is 6.31. The van der Waals surface area contributed by atoms with Crippen molar-refractivity contribution in [2.75, 3.05) is 5.73 Å². The van der Waals surface area contributed by atoms with Gasteiger partial charge in [0, 0.05) is 18.1 Å². The lowest BCUT2D eigenvalue weighted by atomic mass is 9.92. The summed E-state index contributed by atoms with van der Waals surface area (Å²) >= 11 is 0. The summed E-state index contributed by atoms with van der Waals surface area (Å²) in [6.07, 6.45) is 0.425. The van der Waals surface area contributed by atoms with Crippen LogP contribution in [0, 0.1) is 5.41 Å². The van der Waals surface area contributed by atoms with Crippen molar-refractivity contribution in [3.8, 4) is 11.3 Å². The lowest BCUT2D eigenvalue weighted by Crippen LogP contribution is -2.20. The molecule has 0 unspecified atom stereocenters. The van der Waals surface area contributed by atoms with E-state index in [1.807, 2.05) is 51.1 Å². The maximum atomic E-state index is 12.3. The molecular weight excluding hydrogens is 238 g/mol. The van der Waals surface area contributed by atoms with Crippen LogP contribution in [0.25, 0.3) is 11.3 Å². The maximum absolute atomic E-state index is 12.3. The molecule has 1 heterocycles. The highest BCUT2D eigenvalue weighted by Crippen LogP contribution is 2.25. The van der Waals surface area contributed by atoms with E-state index >= 15 is 0 Å². The molecule has 0 radical (unpaired) electrons. The van der Waals surface area contributed by atoms with E-state index in [0.717, 1.165) is 11.3 Å². The number of rotatable bonds is 2. The Kier molecular flexibility index (Phi) is 3.42. The van der Waals surface area contributed by atoms with E-state index in [4.69, 9.17) is 5.73 Å². The molecule has 2 N–H and O–H groups in total. The number of nitrogens with two attached hydrogens (primary N) is 1. The molecule has 4 heteroatoms. The van der Waals surface area contributed by atoms with Gasteiger partial charge in [0.15, 0.2) is 0 Å². The van der Waals surface area contributed by atoms with E-state index in [1.165, 1.54) is 4.68 Å². The Morgan fingerprint density at radius 2 is 1.89 bits per heavy atom. The summed E-state index contributed by atoms with van der Waals surface area (Å²) in [7, 11) is 0. The second-order valence-electron chi connectivity index (χ2n) is 5.86. The van der Waals surface area contributed by atoms with Crippen LogP contribution < -0.4 is 5.73 Å². The van der Waals surface area contributed by atoms with E-state index in [0.29, 0.717) is 12.2 Å². The normalized spacial score (nSPS) is 11.5. The van der Waals surface area contributed by atoms with Gasteiger partial charge in [-0.15, -0.1) is 5.10 Å². The quantitative estimate of drug-likeness (QED) is 0.898. The predicted molar refractivity (Wildman–Crippen MR) is 76.8 cm³/mol. The fourth-order valence-electron chi connectivity index (χ4n) is 1.93. The van der Waals surface area contributed by atoms with Crippen molar-refractivity contribution in [3.63, 3.8) is 0 Å². The largest absolute Gasteiger partial charge is 0.382 e. The number of nitrogen functional groups attached to an aromatic ring is 1. The number of aromatic nitrogens is 2. The molecule has 0 aliphatic rings. The van der Waals surface area contributed by atoms with Crippen LogP contribution in [-0.4, -0.2) is 15.7 Å². The molecule has 0 atom stereocenters. The van der Waals surface area contributed by atoms with Gasteiger partial charge in [0.05, 0.1) is 5.69 Å². The van der Waals surface area contributed by atoms with Crippen LogP contribution in [-0.2, 0) is 0 Å². The number of hydrogen-bond donors (Lipinski definition) is 1. The van der Waals surface area contributed by atoms with Gasteiger partial charge in [-0.2, -0.15) is 4.68 Å². The molecule has 0 aliphatic heterocycles. The molecule has 4 nitrogen and oxygen atoms in total. The van der Waals surface area contributed by atoms with E-state index in [2.05, 4.69) is 5.10 Å². The Morgan fingerprint density at radius 1 is 1.26 bits per heavy atom. The molecular formula is C15H19N3O. The van der Waals surface area contributed by atoms with Gasteiger partial charge in [-0.25, -0.2) is 0 Å². The average Bonchev–Trinajstić information content (AvgIpc) is 2.70. The molecule has 2 rings (SSSR count). The van der Waals surface area contributed by atoms with Gasteiger partial charge < -0.3 is 5.73 Å². The van der Waals surface area contributed by atoms with E-state index in [9.17, 15) is 4.79 Å². The number of carbonyl (C=O) groups is 1. The molecule has 0 spiro atoms. The van der Waals surface area contributed by atoms with Crippen LogP contribution in [0.4, 0.5) is 5.82 Å². The summed E-state index contributed by atoms with van der Waals surface area (Å²) in [5, 5.41) is 4.12. The second-order valence-corrected chi connectivity index (χ2v) is 5.86. The predicted octanol–water partition coefficient (Wildman–Crippen LogP) is 3.21. The van der Waals surface area contributed by atoms with Crippen LogP contribution in [0.1, 0.15) is 32.0 Å². The fourth-order valence-corrected chi connectivity index (χ4v) is 1.93. The fraction of sp³-hybridized carbons (Fsp3) is 0.333. The maximum Gasteiger partial charge on any atom is 0.248 e. The van der Waals surface area contributed by atoms with Crippen molar-refractivity contribution >= 4 is 11.7 Å². The third-order valence-corrected chi connectivity index (χ3v) is 2.72. The number of anilines is 1. The molecule has 2 aromatic rings. The zero-order valence-corrected chi connectivity index (χ0v) is 11.6. The summed E-state index contributed by atoms with van der Waals surface area (Å²) in [5.74, 6) is 0.323. The summed E-state index contributed by atoms with van der Waals surface area (Å²) in [5.41, 5.74) is 7.34. The third-order valence-electron chi connectivity index (χ3n) is 2.72. The molecule has 1 aromatic carbocycles. The second kappa shape index (κ2) is 4.88. The number of nitrogens with zero attached hydrogens (tertiary/aromatic N) is 2. The molecule has 0 fully saturated rings. The zero-order chi connectivity index (χ0) is 14.0. The van der Waals surface area contributed by atoms with Gasteiger partial charge in [-0.05, 0) is 5.41 Å². The van der Waals surface area contributed by atoms with E-state index in [-0.39, 0.29) is 11.3 Å². The molecule has 19 heavy (non-hydrogen) atoms. The van der Waals surface area contributed by atoms with Crippen LogP contribution in [0.5, 0.6) is 0 Å². The Morgan fingerprint density at radius 3 is 2.47 bits per heavy atom. The molecule has 100 valence electrons. The minimum Gasteiger partial charge on any atom is -0.382 e. The molecule has 0 saturated carbocycles. The monoisotopic (exact) mass is 257 g/mol. The summed E-state index contributed by atoms with van der Waals surface area (Å²) in [6.45, 7) is 6.08. The molecule has 1 aromatic heterocycles. The summed E-state index contributed by atoms with van der Waals surface area (Å²) in [6, 6.07) is 11.4. The van der Waals surface area contributed by atoms with Gasteiger partial charge in [-0.3, -0.25) is 4.79 Å². The first-order valence-corrected chi connectivity index (χ1v) is 6.31. The van der Waals surface area contributed by atoms with Crippen LogP contribution in [0.15, 0.2) is 36.4 Å². The van der Waals surface area contributed by atoms with Crippen LogP contribution >= 0.6 is 0 Å². The SMILES string of the molecule is CC(C)(C)CC(=O)n1nc(N)cc1-c1ccccc1. The summed E-state index contributed by atoms with van der Waals surface area (Å²) < 4.78 is 1.41. The highest BCUT2D eigenvalue weighted by molar-refractivity contribution is 5.84. The Labute approximate surface area is 113 Å². The molecule has 0 bridgehead atoms. The average molecular weight is 257 g/mol. The summed E-state index contributed by atoms with van der Waals surface area (Å²) in [4.78, 5) is 12.3. The molecule has 0 amide bonds. The van der Waals surface area contributed by atoms with Crippen molar-refractivity contribution in [3.05, 3.63) is 36.4 Å². The zero-order valence-electron chi connectivity index (χ0n) is 11.6. The highest BCUT2D eigenvalue weighted by Gasteiger charge is 2.21. The highest BCUT2D eigenvalue weighted by atomic mass is 16.2. The van der Waals surface area contributed by atoms with Crippen molar-refractivity contribution < 1.29 is 4.79 Å². The van der Waals surface area contributed by atoms with Crippen molar-refractivity contribution in [1.82, 2.24) is 9.78 Å². The van der Waals surface area contributed by atoms with Gasteiger partial charge in [0.25, 0.3) is 0 Å². The first kappa shape index (κ1) is 13.3. The topological polar surface area (TPSA) is 60.9 Å². The minimum atomic E-state index is -0.0776. The van der Waals surface area contributed by atoms with Crippen molar-refractivity contribution in [2.24, 2.45) is 5.41 Å². The Hall–Kier alpha value is -2.10. The Balaban J connectivity index is 2.40. The van der Waals surface area contributed by atoms with E-state index in [1.54, 1.807) is 6.07 Å². The molecule has 0 aliphatic carbocycles. The first-order chi connectivity index (χ1) is 8.87. The van der Waals surface area contributed by atoms with E-state index < -0.39 is 0 Å². The van der Waals surface area contributed by atoms with Gasteiger partial charge in [0.2, 0.25) is 5.91 Å².